The molecule has 25 heavy (non-hydrogen) atoms. The van der Waals surface area contributed by atoms with Gasteiger partial charge in [-0.2, -0.15) is 9.29 Å². The zero-order chi connectivity index (χ0) is 18.0. The van der Waals surface area contributed by atoms with Gasteiger partial charge in [0.15, 0.2) is 0 Å². The highest BCUT2D eigenvalue weighted by Crippen LogP contribution is 2.27. The average molecular weight is 369 g/mol. The summed E-state index contributed by atoms with van der Waals surface area (Å²) in [5.74, 6) is 1.58. The highest BCUT2D eigenvalue weighted by atomic mass is 32.2. The van der Waals surface area contributed by atoms with Gasteiger partial charge in [0.25, 0.3) is 0 Å². The van der Waals surface area contributed by atoms with E-state index >= 15 is 0 Å². The van der Waals surface area contributed by atoms with Crippen LogP contribution in [-0.2, 0) is 27.6 Å². The van der Waals surface area contributed by atoms with Crippen LogP contribution in [0.1, 0.15) is 49.7 Å². The number of aromatic nitrogens is 2. The topological polar surface area (TPSA) is 81.6 Å². The standard InChI is InChI=1S/C17H27N3O4S/c1-12(2)16-18-15-7-10-23-9-6-14(15)17(19-16)24-13-5-4-8-20(11-13)25(3,21)22/h12-13H,4-11H2,1-3H3. The smallest absolute Gasteiger partial charge is 0.220 e. The molecule has 0 aliphatic carbocycles. The molecule has 8 heteroatoms. The molecule has 3 heterocycles. The van der Waals surface area contributed by atoms with Crippen LogP contribution in [0, 0.1) is 0 Å². The minimum Gasteiger partial charge on any atom is -0.473 e. The Morgan fingerprint density at radius 3 is 2.72 bits per heavy atom. The van der Waals surface area contributed by atoms with Gasteiger partial charge in [0, 0.05) is 30.9 Å². The van der Waals surface area contributed by atoms with E-state index in [1.54, 1.807) is 0 Å². The number of rotatable bonds is 4. The van der Waals surface area contributed by atoms with Crippen molar-refractivity contribution in [1.82, 2.24) is 14.3 Å². The van der Waals surface area contributed by atoms with Crippen molar-refractivity contribution in [3.63, 3.8) is 0 Å². The fraction of sp³-hybridized carbons (Fsp3) is 0.765. The number of hydrogen-bond donors (Lipinski definition) is 0. The second kappa shape index (κ2) is 7.55. The normalized spacial score (nSPS) is 22.5. The molecular weight excluding hydrogens is 342 g/mol. The largest absolute Gasteiger partial charge is 0.473 e. The molecule has 1 aromatic heterocycles. The fourth-order valence-electron chi connectivity index (χ4n) is 3.24. The summed E-state index contributed by atoms with van der Waals surface area (Å²) in [6.07, 6.45) is 4.19. The van der Waals surface area contributed by atoms with Gasteiger partial charge in [-0.3, -0.25) is 0 Å². The molecule has 0 N–H and O–H groups in total. The Balaban J connectivity index is 1.87. The molecule has 0 aromatic carbocycles. The lowest BCUT2D eigenvalue weighted by Crippen LogP contribution is -2.44. The Labute approximate surface area is 149 Å². The number of piperidine rings is 1. The van der Waals surface area contributed by atoms with Crippen LogP contribution in [0.3, 0.4) is 0 Å². The summed E-state index contributed by atoms with van der Waals surface area (Å²) in [6.45, 7) is 6.35. The number of fused-ring (bicyclic) bond motifs is 1. The molecule has 1 saturated heterocycles. The Hall–Kier alpha value is -1.25. The highest BCUT2D eigenvalue weighted by Gasteiger charge is 2.29. The highest BCUT2D eigenvalue weighted by molar-refractivity contribution is 7.88. The van der Waals surface area contributed by atoms with Crippen molar-refractivity contribution in [1.29, 1.82) is 0 Å². The maximum atomic E-state index is 11.8. The molecule has 1 fully saturated rings. The first-order valence-electron chi connectivity index (χ1n) is 8.94. The van der Waals surface area contributed by atoms with Crippen LogP contribution in [0.5, 0.6) is 5.88 Å². The molecular formula is C17H27N3O4S. The minimum absolute atomic E-state index is 0.174. The van der Waals surface area contributed by atoms with E-state index in [0.29, 0.717) is 32.2 Å². The third-order valence-electron chi connectivity index (χ3n) is 4.66. The van der Waals surface area contributed by atoms with Crippen molar-refractivity contribution < 1.29 is 17.9 Å². The molecule has 0 radical (unpaired) electrons. The number of ether oxygens (including phenoxy) is 2. The van der Waals surface area contributed by atoms with E-state index in [1.165, 1.54) is 10.6 Å². The second-order valence-corrected chi connectivity index (χ2v) is 9.06. The molecule has 1 unspecified atom stereocenters. The Bertz CT molecular complexity index is 721. The van der Waals surface area contributed by atoms with E-state index < -0.39 is 10.0 Å². The summed E-state index contributed by atoms with van der Waals surface area (Å²) in [7, 11) is -3.20. The van der Waals surface area contributed by atoms with Gasteiger partial charge in [0.05, 0.1) is 31.7 Å². The van der Waals surface area contributed by atoms with E-state index in [-0.39, 0.29) is 12.0 Å². The predicted molar refractivity (Wildman–Crippen MR) is 94.4 cm³/mol. The van der Waals surface area contributed by atoms with Crippen molar-refractivity contribution >= 4 is 10.0 Å². The summed E-state index contributed by atoms with van der Waals surface area (Å²) < 4.78 is 36.9. The summed E-state index contributed by atoms with van der Waals surface area (Å²) in [5.41, 5.74) is 2.01. The van der Waals surface area contributed by atoms with Crippen LogP contribution < -0.4 is 4.74 Å². The van der Waals surface area contributed by atoms with Crippen LogP contribution in [0.15, 0.2) is 0 Å². The zero-order valence-electron chi connectivity index (χ0n) is 15.2. The van der Waals surface area contributed by atoms with Crippen LogP contribution in [0.2, 0.25) is 0 Å². The van der Waals surface area contributed by atoms with Gasteiger partial charge in [0.1, 0.15) is 11.9 Å². The van der Waals surface area contributed by atoms with Gasteiger partial charge < -0.3 is 9.47 Å². The maximum Gasteiger partial charge on any atom is 0.220 e. The third-order valence-corrected chi connectivity index (χ3v) is 5.93. The molecule has 2 aliphatic rings. The maximum absolute atomic E-state index is 11.8. The molecule has 0 saturated carbocycles. The molecule has 0 amide bonds. The number of sulfonamides is 1. The van der Waals surface area contributed by atoms with Crippen LogP contribution in [-0.4, -0.2) is 61.4 Å². The lowest BCUT2D eigenvalue weighted by atomic mass is 10.1. The summed E-state index contributed by atoms with van der Waals surface area (Å²) >= 11 is 0. The van der Waals surface area contributed by atoms with E-state index in [1.807, 2.05) is 0 Å². The van der Waals surface area contributed by atoms with Gasteiger partial charge in [-0.15, -0.1) is 0 Å². The molecule has 1 atom stereocenters. The fourth-order valence-corrected chi connectivity index (χ4v) is 4.14. The lowest BCUT2D eigenvalue weighted by Gasteiger charge is -2.31. The third kappa shape index (κ3) is 4.48. The quantitative estimate of drug-likeness (QED) is 0.800. The molecule has 2 aliphatic heterocycles. The van der Waals surface area contributed by atoms with Gasteiger partial charge in [-0.25, -0.2) is 13.4 Å². The predicted octanol–water partition coefficient (Wildman–Crippen LogP) is 1.52. The van der Waals surface area contributed by atoms with Gasteiger partial charge in [0.2, 0.25) is 15.9 Å². The van der Waals surface area contributed by atoms with Gasteiger partial charge in [-0.05, 0) is 12.8 Å². The SMILES string of the molecule is CC(C)c1nc2c(c(OC3CCCN(S(C)(=O)=O)C3)n1)CCOCC2. The Morgan fingerprint density at radius 2 is 2.00 bits per heavy atom. The average Bonchev–Trinajstić information content (AvgIpc) is 2.79. The van der Waals surface area contributed by atoms with Crippen LogP contribution in [0.4, 0.5) is 0 Å². The summed E-state index contributed by atoms with van der Waals surface area (Å²) in [4.78, 5) is 9.35. The number of hydrogen-bond acceptors (Lipinski definition) is 6. The van der Waals surface area contributed by atoms with Gasteiger partial charge in [-0.1, -0.05) is 13.8 Å². The van der Waals surface area contributed by atoms with E-state index in [0.717, 1.165) is 42.8 Å². The minimum atomic E-state index is -3.20. The summed E-state index contributed by atoms with van der Waals surface area (Å²) in [5, 5.41) is 0. The first kappa shape index (κ1) is 18.5. The van der Waals surface area contributed by atoms with Crippen molar-refractivity contribution in [2.75, 3.05) is 32.6 Å². The Kier molecular flexibility index (Phi) is 5.60. The lowest BCUT2D eigenvalue weighted by molar-refractivity contribution is 0.121. The monoisotopic (exact) mass is 369 g/mol. The van der Waals surface area contributed by atoms with E-state index in [9.17, 15) is 8.42 Å². The molecule has 140 valence electrons. The van der Waals surface area contributed by atoms with E-state index in [4.69, 9.17) is 14.5 Å². The molecule has 3 rings (SSSR count). The van der Waals surface area contributed by atoms with Crippen molar-refractivity contribution in [3.05, 3.63) is 17.1 Å². The van der Waals surface area contributed by atoms with Gasteiger partial charge >= 0.3 is 0 Å². The van der Waals surface area contributed by atoms with Crippen LogP contribution >= 0.6 is 0 Å². The van der Waals surface area contributed by atoms with E-state index in [2.05, 4.69) is 18.8 Å². The second-order valence-electron chi connectivity index (χ2n) is 7.08. The summed E-state index contributed by atoms with van der Waals surface area (Å²) in [6, 6.07) is 0. The molecule has 0 bridgehead atoms. The Morgan fingerprint density at radius 1 is 1.24 bits per heavy atom. The van der Waals surface area contributed by atoms with Crippen molar-refractivity contribution in [2.24, 2.45) is 0 Å². The first-order valence-corrected chi connectivity index (χ1v) is 10.8. The van der Waals surface area contributed by atoms with Crippen molar-refractivity contribution in [3.8, 4) is 5.88 Å². The van der Waals surface area contributed by atoms with Crippen molar-refractivity contribution in [2.45, 2.75) is 51.6 Å². The first-order chi connectivity index (χ1) is 11.8. The van der Waals surface area contributed by atoms with Crippen LogP contribution in [0.25, 0.3) is 0 Å². The molecule has 7 nitrogen and oxygen atoms in total. The zero-order valence-corrected chi connectivity index (χ0v) is 16.0. The molecule has 1 aromatic rings. The molecule has 0 spiro atoms. The number of nitrogens with zero attached hydrogens (tertiary/aromatic N) is 3.